The number of aromatic nitrogens is 2. The Morgan fingerprint density at radius 3 is 2.44 bits per heavy atom. The van der Waals surface area contributed by atoms with Gasteiger partial charge in [0.2, 0.25) is 5.91 Å². The van der Waals surface area contributed by atoms with Crippen molar-refractivity contribution in [1.82, 2.24) is 9.78 Å². The number of ether oxygens (including phenoxy) is 1. The van der Waals surface area contributed by atoms with E-state index in [0.29, 0.717) is 11.4 Å². The summed E-state index contributed by atoms with van der Waals surface area (Å²) < 4.78 is 7.17. The first-order chi connectivity index (χ1) is 15.2. The summed E-state index contributed by atoms with van der Waals surface area (Å²) in [5.41, 5.74) is 1.35. The van der Waals surface area contributed by atoms with Gasteiger partial charge in [-0.1, -0.05) is 18.2 Å². The standard InChI is InChI=1S/C21H21N5O6/c1-13-6-4-5-7-19(13)32-18-11-16(10-17(12-18)25(28)29)22-20(27)8-9-24-15(3)21(26(30)31)14(2)23-24/h4-7,10-12H,8-9H2,1-3H3,(H,22,27). The summed E-state index contributed by atoms with van der Waals surface area (Å²) in [6.45, 7) is 5.05. The Balaban J connectivity index is 1.75. The van der Waals surface area contributed by atoms with Gasteiger partial charge in [0.15, 0.2) is 0 Å². The molecule has 0 fully saturated rings. The summed E-state index contributed by atoms with van der Waals surface area (Å²) in [7, 11) is 0. The number of hydrogen-bond acceptors (Lipinski definition) is 7. The molecule has 32 heavy (non-hydrogen) atoms. The van der Waals surface area contributed by atoms with Gasteiger partial charge < -0.3 is 10.1 Å². The number of nitro benzene ring substituents is 1. The molecular weight excluding hydrogens is 418 g/mol. The van der Waals surface area contributed by atoms with E-state index in [2.05, 4.69) is 10.4 Å². The smallest absolute Gasteiger partial charge is 0.312 e. The summed E-state index contributed by atoms with van der Waals surface area (Å²) >= 11 is 0. The number of nitrogens with zero attached hydrogens (tertiary/aromatic N) is 4. The molecular formula is C21H21N5O6. The van der Waals surface area contributed by atoms with Gasteiger partial charge in [0, 0.05) is 18.6 Å². The van der Waals surface area contributed by atoms with E-state index >= 15 is 0 Å². The Morgan fingerprint density at radius 2 is 1.81 bits per heavy atom. The lowest BCUT2D eigenvalue weighted by atomic mass is 10.2. The molecule has 0 radical (unpaired) electrons. The zero-order valence-electron chi connectivity index (χ0n) is 17.7. The van der Waals surface area contributed by atoms with E-state index in [1.807, 2.05) is 19.1 Å². The maximum Gasteiger partial charge on any atom is 0.312 e. The molecule has 166 valence electrons. The van der Waals surface area contributed by atoms with E-state index in [4.69, 9.17) is 4.74 Å². The van der Waals surface area contributed by atoms with Crippen LogP contribution in [0.1, 0.15) is 23.4 Å². The van der Waals surface area contributed by atoms with Crippen molar-refractivity contribution in [2.45, 2.75) is 33.7 Å². The van der Waals surface area contributed by atoms with Crippen molar-refractivity contribution in [3.05, 3.63) is 79.6 Å². The summed E-state index contributed by atoms with van der Waals surface area (Å²) in [6.07, 6.45) is -0.0320. The van der Waals surface area contributed by atoms with E-state index in [1.54, 1.807) is 19.1 Å². The second-order valence-electron chi connectivity index (χ2n) is 7.14. The molecule has 0 bridgehead atoms. The van der Waals surface area contributed by atoms with E-state index in [9.17, 15) is 25.0 Å². The van der Waals surface area contributed by atoms with Gasteiger partial charge in [-0.15, -0.1) is 0 Å². The van der Waals surface area contributed by atoms with Crippen LogP contribution in [0, 0.1) is 41.0 Å². The third-order valence-electron chi connectivity index (χ3n) is 4.78. The number of non-ortho nitro benzene ring substituents is 1. The minimum absolute atomic E-state index is 0.0320. The molecule has 1 N–H and O–H groups in total. The van der Waals surface area contributed by atoms with Crippen molar-refractivity contribution in [2.24, 2.45) is 0 Å². The van der Waals surface area contributed by atoms with Crippen molar-refractivity contribution in [1.29, 1.82) is 0 Å². The maximum atomic E-state index is 12.4. The molecule has 3 rings (SSSR count). The van der Waals surface area contributed by atoms with Crippen molar-refractivity contribution >= 4 is 23.0 Å². The fourth-order valence-corrected chi connectivity index (χ4v) is 3.22. The molecule has 0 aliphatic rings. The average Bonchev–Trinajstić information content (AvgIpc) is 3.01. The van der Waals surface area contributed by atoms with Gasteiger partial charge in [0.25, 0.3) is 5.69 Å². The van der Waals surface area contributed by atoms with Crippen LogP contribution in [0.4, 0.5) is 17.1 Å². The number of aryl methyl sites for hydroxylation is 3. The molecule has 3 aromatic rings. The zero-order valence-corrected chi connectivity index (χ0v) is 17.7. The monoisotopic (exact) mass is 439 g/mol. The van der Waals surface area contributed by atoms with Crippen LogP contribution in [-0.2, 0) is 11.3 Å². The van der Waals surface area contributed by atoms with E-state index in [-0.39, 0.29) is 41.5 Å². The number of rotatable bonds is 8. The van der Waals surface area contributed by atoms with Crippen molar-refractivity contribution < 1.29 is 19.4 Å². The molecule has 0 unspecified atom stereocenters. The highest BCUT2D eigenvalue weighted by atomic mass is 16.6. The molecule has 1 aromatic heterocycles. The van der Waals surface area contributed by atoms with Crippen LogP contribution >= 0.6 is 0 Å². The number of anilines is 1. The number of carbonyl (C=O) groups is 1. The Labute approximate surface area is 182 Å². The van der Waals surface area contributed by atoms with Crippen LogP contribution in [-0.4, -0.2) is 25.5 Å². The molecule has 0 aliphatic carbocycles. The van der Waals surface area contributed by atoms with Gasteiger partial charge in [0.05, 0.1) is 28.1 Å². The van der Waals surface area contributed by atoms with Gasteiger partial charge in [-0.3, -0.25) is 29.7 Å². The lowest BCUT2D eigenvalue weighted by Crippen LogP contribution is -2.16. The average molecular weight is 439 g/mol. The maximum absolute atomic E-state index is 12.4. The molecule has 1 heterocycles. The highest BCUT2D eigenvalue weighted by Gasteiger charge is 2.22. The van der Waals surface area contributed by atoms with Crippen LogP contribution in [0.15, 0.2) is 42.5 Å². The minimum Gasteiger partial charge on any atom is -0.457 e. The third-order valence-corrected chi connectivity index (χ3v) is 4.78. The number of benzene rings is 2. The van der Waals surface area contributed by atoms with Crippen molar-refractivity contribution in [3.63, 3.8) is 0 Å². The molecule has 11 heteroatoms. The molecule has 1 amide bonds. The summed E-state index contributed by atoms with van der Waals surface area (Å²) in [5, 5.41) is 29.1. The summed E-state index contributed by atoms with van der Waals surface area (Å²) in [6, 6.07) is 11.2. The molecule has 0 atom stereocenters. The highest BCUT2D eigenvalue weighted by molar-refractivity contribution is 5.91. The Hall–Kier alpha value is -4.28. The first-order valence-corrected chi connectivity index (χ1v) is 9.67. The molecule has 0 aliphatic heterocycles. The highest BCUT2D eigenvalue weighted by Crippen LogP contribution is 2.31. The molecule has 0 spiro atoms. The second kappa shape index (κ2) is 9.25. The largest absolute Gasteiger partial charge is 0.457 e. The van der Waals surface area contributed by atoms with Crippen LogP contribution in [0.25, 0.3) is 0 Å². The number of carbonyl (C=O) groups excluding carboxylic acids is 1. The van der Waals surface area contributed by atoms with E-state index in [1.165, 1.54) is 29.8 Å². The van der Waals surface area contributed by atoms with Crippen molar-refractivity contribution in [2.75, 3.05) is 5.32 Å². The number of amides is 1. The summed E-state index contributed by atoms with van der Waals surface area (Å²) in [5.74, 6) is 0.317. The van der Waals surface area contributed by atoms with Gasteiger partial charge in [-0.05, 0) is 32.4 Å². The number of para-hydroxylation sites is 1. The quantitative estimate of drug-likeness (QED) is 0.403. The van der Waals surface area contributed by atoms with E-state index in [0.717, 1.165) is 5.56 Å². The minimum atomic E-state index is -0.574. The van der Waals surface area contributed by atoms with Gasteiger partial charge in [-0.2, -0.15) is 5.10 Å². The van der Waals surface area contributed by atoms with Crippen LogP contribution in [0.3, 0.4) is 0 Å². The zero-order chi connectivity index (χ0) is 23.4. The predicted octanol–water partition coefficient (Wildman–Crippen LogP) is 4.45. The molecule has 0 saturated carbocycles. The molecule has 11 nitrogen and oxygen atoms in total. The predicted molar refractivity (Wildman–Crippen MR) is 116 cm³/mol. The topological polar surface area (TPSA) is 142 Å². The van der Waals surface area contributed by atoms with Crippen LogP contribution in [0.2, 0.25) is 0 Å². The number of hydrogen-bond donors (Lipinski definition) is 1. The SMILES string of the molecule is Cc1ccccc1Oc1cc(NC(=O)CCn2nc(C)c([N+](=O)[O-])c2C)cc([N+](=O)[O-])c1. The second-order valence-corrected chi connectivity index (χ2v) is 7.14. The van der Waals surface area contributed by atoms with Crippen molar-refractivity contribution in [3.8, 4) is 11.5 Å². The fraction of sp³-hybridized carbons (Fsp3) is 0.238. The normalized spacial score (nSPS) is 10.6. The lowest BCUT2D eigenvalue weighted by molar-refractivity contribution is -0.386. The first kappa shape index (κ1) is 22.4. The van der Waals surface area contributed by atoms with Crippen LogP contribution < -0.4 is 10.1 Å². The lowest BCUT2D eigenvalue weighted by Gasteiger charge is -2.11. The van der Waals surface area contributed by atoms with Crippen LogP contribution in [0.5, 0.6) is 11.5 Å². The summed E-state index contributed by atoms with van der Waals surface area (Å²) in [4.78, 5) is 33.8. The number of nitrogens with one attached hydrogen (secondary N) is 1. The first-order valence-electron chi connectivity index (χ1n) is 9.67. The molecule has 2 aromatic carbocycles. The Bertz CT molecular complexity index is 1200. The Kier molecular flexibility index (Phi) is 6.47. The molecule has 0 saturated heterocycles. The fourth-order valence-electron chi connectivity index (χ4n) is 3.22. The van der Waals surface area contributed by atoms with Gasteiger partial charge in [0.1, 0.15) is 22.9 Å². The Morgan fingerprint density at radius 1 is 1.09 bits per heavy atom. The number of nitro groups is 2. The third kappa shape index (κ3) is 5.06. The van der Waals surface area contributed by atoms with Gasteiger partial charge in [-0.25, -0.2) is 0 Å². The van der Waals surface area contributed by atoms with E-state index < -0.39 is 15.8 Å². The van der Waals surface area contributed by atoms with Gasteiger partial charge >= 0.3 is 5.69 Å².